The van der Waals surface area contributed by atoms with Crippen LogP contribution in [-0.2, 0) is 0 Å². The van der Waals surface area contributed by atoms with Crippen molar-refractivity contribution in [2.75, 3.05) is 11.5 Å². The maximum atomic E-state index is 9.62. The van der Waals surface area contributed by atoms with Crippen LogP contribution >= 0.6 is 11.8 Å². The van der Waals surface area contributed by atoms with Crippen LogP contribution in [0, 0.1) is 0 Å². The number of aliphatic hydroxyl groups is 1. The number of thioether (sulfide) groups is 1. The minimum atomic E-state index is -0.692. The molecule has 16 heavy (non-hydrogen) atoms. The number of fused-ring (bicyclic) bond motifs is 1. The Labute approximate surface area is 98.3 Å². The molecule has 1 heterocycles. The molecule has 2 rings (SSSR count). The van der Waals surface area contributed by atoms with E-state index in [2.05, 4.69) is 9.97 Å². The van der Waals surface area contributed by atoms with Gasteiger partial charge in [-0.2, -0.15) is 0 Å². The molecule has 0 saturated carbocycles. The number of nitrogens with one attached hydrogen (secondary N) is 1. The third kappa shape index (κ3) is 2.68. The molecule has 0 atom stereocenters. The molecular formula is C11H15N3OS. The number of hydrogen-bond donors (Lipinski definition) is 3. The number of anilines is 1. The molecule has 86 valence electrons. The van der Waals surface area contributed by atoms with E-state index in [4.69, 9.17) is 5.73 Å². The van der Waals surface area contributed by atoms with Crippen LogP contribution in [0.25, 0.3) is 11.0 Å². The quantitative estimate of drug-likeness (QED) is 0.564. The number of H-pyrrole nitrogens is 1. The molecule has 4 N–H and O–H groups in total. The molecule has 4 nitrogen and oxygen atoms in total. The average Bonchev–Trinajstić information content (AvgIpc) is 2.55. The van der Waals surface area contributed by atoms with Crippen molar-refractivity contribution in [3.63, 3.8) is 0 Å². The summed E-state index contributed by atoms with van der Waals surface area (Å²) in [7, 11) is 0. The molecule has 0 spiro atoms. The van der Waals surface area contributed by atoms with Crippen molar-refractivity contribution in [3.8, 4) is 0 Å². The van der Waals surface area contributed by atoms with E-state index in [9.17, 15) is 5.11 Å². The Balaban J connectivity index is 2.20. The number of nitrogen functional groups attached to an aromatic ring is 1. The lowest BCUT2D eigenvalue weighted by atomic mass is 10.2. The van der Waals surface area contributed by atoms with Gasteiger partial charge in [-0.25, -0.2) is 4.98 Å². The predicted molar refractivity (Wildman–Crippen MR) is 67.5 cm³/mol. The van der Waals surface area contributed by atoms with E-state index in [1.54, 1.807) is 13.8 Å². The van der Waals surface area contributed by atoms with Gasteiger partial charge in [0.05, 0.1) is 16.6 Å². The molecule has 5 heteroatoms. The summed E-state index contributed by atoms with van der Waals surface area (Å²) in [5.41, 5.74) is 7.53. The summed E-state index contributed by atoms with van der Waals surface area (Å²) in [4.78, 5) is 7.57. The number of aromatic amines is 1. The molecule has 1 aromatic carbocycles. The van der Waals surface area contributed by atoms with Gasteiger partial charge in [-0.15, -0.1) is 0 Å². The first kappa shape index (κ1) is 11.3. The zero-order valence-electron chi connectivity index (χ0n) is 9.32. The Morgan fingerprint density at radius 3 is 2.94 bits per heavy atom. The Morgan fingerprint density at radius 1 is 1.50 bits per heavy atom. The first-order chi connectivity index (χ1) is 7.44. The SMILES string of the molecule is CC(C)(O)CSc1nc2ccc(N)cc2[nH]1. The normalized spacial score (nSPS) is 12.2. The van der Waals surface area contributed by atoms with Crippen molar-refractivity contribution in [1.82, 2.24) is 9.97 Å². The summed E-state index contributed by atoms with van der Waals surface area (Å²) >= 11 is 1.50. The van der Waals surface area contributed by atoms with Gasteiger partial charge in [0.2, 0.25) is 0 Å². The van der Waals surface area contributed by atoms with Crippen molar-refractivity contribution in [1.29, 1.82) is 0 Å². The second-order valence-corrected chi connectivity index (χ2v) is 5.38. The number of nitrogens with zero attached hydrogens (tertiary/aromatic N) is 1. The monoisotopic (exact) mass is 237 g/mol. The van der Waals surface area contributed by atoms with Gasteiger partial charge in [0, 0.05) is 11.4 Å². The van der Waals surface area contributed by atoms with Crippen molar-refractivity contribution in [2.24, 2.45) is 0 Å². The minimum Gasteiger partial charge on any atom is -0.399 e. The van der Waals surface area contributed by atoms with E-state index in [1.807, 2.05) is 18.2 Å². The molecule has 1 aromatic heterocycles. The molecule has 0 aliphatic carbocycles. The standard InChI is InChI=1S/C11H15N3OS/c1-11(2,15)6-16-10-13-8-4-3-7(12)5-9(8)14-10/h3-5,15H,6,12H2,1-2H3,(H,13,14). The molecule has 0 saturated heterocycles. The van der Waals surface area contributed by atoms with Crippen LogP contribution in [-0.4, -0.2) is 26.4 Å². The number of hydrogen-bond acceptors (Lipinski definition) is 4. The van der Waals surface area contributed by atoms with Crippen LogP contribution in [0.1, 0.15) is 13.8 Å². The number of nitrogens with two attached hydrogens (primary N) is 1. The van der Waals surface area contributed by atoms with Crippen LogP contribution in [0.2, 0.25) is 0 Å². The summed E-state index contributed by atoms with van der Waals surface area (Å²) < 4.78 is 0. The zero-order chi connectivity index (χ0) is 11.8. The van der Waals surface area contributed by atoms with Gasteiger partial charge in [0.15, 0.2) is 5.16 Å². The number of aromatic nitrogens is 2. The van der Waals surface area contributed by atoms with Crippen molar-refractivity contribution in [2.45, 2.75) is 24.6 Å². The molecule has 0 unspecified atom stereocenters. The molecule has 0 radical (unpaired) electrons. The van der Waals surface area contributed by atoms with E-state index in [0.717, 1.165) is 21.9 Å². The molecule has 0 fully saturated rings. The molecule has 0 aliphatic heterocycles. The van der Waals surface area contributed by atoms with E-state index < -0.39 is 5.60 Å². The highest BCUT2D eigenvalue weighted by atomic mass is 32.2. The fourth-order valence-corrected chi connectivity index (χ4v) is 2.15. The lowest BCUT2D eigenvalue weighted by Crippen LogP contribution is -2.21. The number of benzene rings is 1. The fourth-order valence-electron chi connectivity index (χ4n) is 1.32. The highest BCUT2D eigenvalue weighted by Crippen LogP contribution is 2.23. The first-order valence-corrected chi connectivity index (χ1v) is 6.03. The van der Waals surface area contributed by atoms with Gasteiger partial charge < -0.3 is 15.8 Å². The van der Waals surface area contributed by atoms with E-state index in [1.165, 1.54) is 11.8 Å². The van der Waals surface area contributed by atoms with Crippen LogP contribution < -0.4 is 5.73 Å². The second kappa shape index (κ2) is 3.99. The fraction of sp³-hybridized carbons (Fsp3) is 0.364. The topological polar surface area (TPSA) is 74.9 Å². The zero-order valence-corrected chi connectivity index (χ0v) is 10.1. The van der Waals surface area contributed by atoms with Gasteiger partial charge in [-0.05, 0) is 32.0 Å². The van der Waals surface area contributed by atoms with Gasteiger partial charge in [-0.3, -0.25) is 0 Å². The number of rotatable bonds is 3. The highest BCUT2D eigenvalue weighted by molar-refractivity contribution is 7.99. The first-order valence-electron chi connectivity index (χ1n) is 5.04. The van der Waals surface area contributed by atoms with Gasteiger partial charge >= 0.3 is 0 Å². The lowest BCUT2D eigenvalue weighted by molar-refractivity contribution is 0.107. The minimum absolute atomic E-state index is 0.600. The van der Waals surface area contributed by atoms with E-state index >= 15 is 0 Å². The second-order valence-electron chi connectivity index (χ2n) is 4.42. The van der Waals surface area contributed by atoms with E-state index in [0.29, 0.717) is 5.75 Å². The Kier molecular flexibility index (Phi) is 2.82. The average molecular weight is 237 g/mol. The third-order valence-electron chi connectivity index (χ3n) is 2.05. The van der Waals surface area contributed by atoms with Crippen molar-refractivity contribution >= 4 is 28.5 Å². The summed E-state index contributed by atoms with van der Waals surface area (Å²) in [6, 6.07) is 5.57. The van der Waals surface area contributed by atoms with Crippen LogP contribution in [0.5, 0.6) is 0 Å². The van der Waals surface area contributed by atoms with Crippen molar-refractivity contribution in [3.05, 3.63) is 18.2 Å². The largest absolute Gasteiger partial charge is 0.399 e. The Morgan fingerprint density at radius 2 is 2.25 bits per heavy atom. The van der Waals surface area contributed by atoms with Crippen molar-refractivity contribution < 1.29 is 5.11 Å². The number of imidazole rings is 1. The molecule has 0 bridgehead atoms. The van der Waals surface area contributed by atoms with Crippen LogP contribution in [0.4, 0.5) is 5.69 Å². The van der Waals surface area contributed by atoms with Gasteiger partial charge in [-0.1, -0.05) is 11.8 Å². The van der Waals surface area contributed by atoms with E-state index in [-0.39, 0.29) is 0 Å². The third-order valence-corrected chi connectivity index (χ3v) is 3.36. The summed E-state index contributed by atoms with van der Waals surface area (Å²) in [5.74, 6) is 0.600. The molecule has 0 amide bonds. The summed E-state index contributed by atoms with van der Waals surface area (Å²) in [6.45, 7) is 3.56. The van der Waals surface area contributed by atoms with Gasteiger partial charge in [0.25, 0.3) is 0 Å². The Bertz CT molecular complexity index is 501. The molecule has 0 aliphatic rings. The molecule has 2 aromatic rings. The van der Waals surface area contributed by atoms with Gasteiger partial charge in [0.1, 0.15) is 0 Å². The Hall–Kier alpha value is -1.20. The summed E-state index contributed by atoms with van der Waals surface area (Å²) in [6.07, 6.45) is 0. The highest BCUT2D eigenvalue weighted by Gasteiger charge is 2.14. The predicted octanol–water partition coefficient (Wildman–Crippen LogP) is 2.01. The smallest absolute Gasteiger partial charge is 0.166 e. The maximum absolute atomic E-state index is 9.62. The summed E-state index contributed by atoms with van der Waals surface area (Å²) in [5, 5.41) is 10.4. The van der Waals surface area contributed by atoms with Crippen LogP contribution in [0.3, 0.4) is 0 Å². The van der Waals surface area contributed by atoms with Crippen LogP contribution in [0.15, 0.2) is 23.4 Å². The maximum Gasteiger partial charge on any atom is 0.166 e. The lowest BCUT2D eigenvalue weighted by Gasteiger charge is -2.14. The molecular weight excluding hydrogens is 222 g/mol.